The minimum absolute atomic E-state index is 0.0559. The molecule has 2 N–H and O–H groups in total. The zero-order valence-corrected chi connectivity index (χ0v) is 20.6. The Hall–Kier alpha value is -4.66. The number of benzene rings is 3. The van der Waals surface area contributed by atoms with Crippen LogP contribution in [-0.4, -0.2) is 48.2 Å². The van der Waals surface area contributed by atoms with Crippen LogP contribution in [0.25, 0.3) is 0 Å². The fourth-order valence-electron chi connectivity index (χ4n) is 3.37. The highest BCUT2D eigenvalue weighted by atomic mass is 16.6. The molecule has 3 rings (SSSR count). The summed E-state index contributed by atoms with van der Waals surface area (Å²) in [6, 6.07) is 19.4. The molecule has 3 aromatic rings. The molecule has 9 nitrogen and oxygen atoms in total. The van der Waals surface area contributed by atoms with E-state index in [1.165, 1.54) is 31.4 Å². The number of carbonyl (C=O) groups excluding carboxylic acids is 3. The summed E-state index contributed by atoms with van der Waals surface area (Å²) in [5.74, 6) is -4.06. The van der Waals surface area contributed by atoms with Crippen LogP contribution < -0.4 is 10.1 Å². The Morgan fingerprint density at radius 2 is 1.24 bits per heavy atom. The van der Waals surface area contributed by atoms with Gasteiger partial charge in [0, 0.05) is 12.1 Å². The molecule has 0 aliphatic carbocycles. The number of nitrogens with one attached hydrogen (secondary N) is 1. The van der Waals surface area contributed by atoms with Crippen molar-refractivity contribution in [1.29, 1.82) is 0 Å². The standard InChI is InChI=1S/C28H27NO8/c1-17-8-12-19(13-9-17)27(33)36-23(25(30)29-16-21-6-4-5-7-22(21)35-3)24(26(31)32)37-28(34)20-14-10-18(2)11-15-20/h4-15,23-24H,16H2,1-3H3,(H,29,30)(H,31,32)/t23-,24-/m0/s1. The first-order chi connectivity index (χ1) is 17.7. The summed E-state index contributed by atoms with van der Waals surface area (Å²) in [6.45, 7) is 3.59. The Morgan fingerprint density at radius 1 is 0.757 bits per heavy atom. The van der Waals surface area contributed by atoms with E-state index in [2.05, 4.69) is 5.32 Å². The summed E-state index contributed by atoms with van der Waals surface area (Å²) < 4.78 is 15.8. The predicted octanol–water partition coefficient (Wildman–Crippen LogP) is 3.46. The number of carboxylic acid groups (broad SMARTS) is 1. The average Bonchev–Trinajstić information content (AvgIpc) is 2.89. The monoisotopic (exact) mass is 505 g/mol. The van der Waals surface area contributed by atoms with Gasteiger partial charge in [0.25, 0.3) is 5.91 Å². The SMILES string of the molecule is COc1ccccc1CNC(=O)[C@@H](OC(=O)c1ccc(C)cc1)[C@H](OC(=O)c1ccc(C)cc1)C(=O)O. The van der Waals surface area contributed by atoms with Crippen molar-refractivity contribution >= 4 is 23.8 Å². The maximum Gasteiger partial charge on any atom is 0.349 e. The number of para-hydroxylation sites is 1. The van der Waals surface area contributed by atoms with Gasteiger partial charge >= 0.3 is 17.9 Å². The summed E-state index contributed by atoms with van der Waals surface area (Å²) in [6.07, 6.45) is -4.09. The molecule has 0 fully saturated rings. The van der Waals surface area contributed by atoms with E-state index in [4.69, 9.17) is 14.2 Å². The van der Waals surface area contributed by atoms with Crippen molar-refractivity contribution < 1.29 is 38.5 Å². The number of aliphatic carboxylic acids is 1. The molecule has 0 spiro atoms. The van der Waals surface area contributed by atoms with E-state index >= 15 is 0 Å². The van der Waals surface area contributed by atoms with Crippen molar-refractivity contribution in [3.63, 3.8) is 0 Å². The number of amides is 1. The Morgan fingerprint density at radius 3 is 1.73 bits per heavy atom. The normalized spacial score (nSPS) is 12.1. The lowest BCUT2D eigenvalue weighted by Crippen LogP contribution is -2.50. The van der Waals surface area contributed by atoms with E-state index in [9.17, 15) is 24.3 Å². The summed E-state index contributed by atoms with van der Waals surface area (Å²) in [7, 11) is 1.47. The number of methoxy groups -OCH3 is 1. The topological polar surface area (TPSA) is 128 Å². The lowest BCUT2D eigenvalue weighted by Gasteiger charge is -2.24. The summed E-state index contributed by atoms with van der Waals surface area (Å²) in [5, 5.41) is 12.4. The van der Waals surface area contributed by atoms with Gasteiger partial charge in [0.05, 0.1) is 18.2 Å². The lowest BCUT2D eigenvalue weighted by molar-refractivity contribution is -0.159. The zero-order valence-electron chi connectivity index (χ0n) is 20.6. The smallest absolute Gasteiger partial charge is 0.349 e. The van der Waals surface area contributed by atoms with Crippen molar-refractivity contribution in [2.75, 3.05) is 7.11 Å². The number of ether oxygens (including phenoxy) is 3. The third kappa shape index (κ3) is 7.17. The highest BCUT2D eigenvalue weighted by Gasteiger charge is 2.41. The number of rotatable bonds is 10. The van der Waals surface area contributed by atoms with Gasteiger partial charge in [-0.15, -0.1) is 0 Å². The van der Waals surface area contributed by atoms with Crippen molar-refractivity contribution in [1.82, 2.24) is 5.32 Å². The molecule has 1 amide bonds. The van der Waals surface area contributed by atoms with Crippen LogP contribution in [0.15, 0.2) is 72.8 Å². The molecule has 0 heterocycles. The molecule has 3 aromatic carbocycles. The molecule has 0 aliphatic rings. The first-order valence-electron chi connectivity index (χ1n) is 11.4. The van der Waals surface area contributed by atoms with Crippen LogP contribution in [0.5, 0.6) is 5.75 Å². The van der Waals surface area contributed by atoms with Crippen LogP contribution in [0.2, 0.25) is 0 Å². The maximum atomic E-state index is 13.2. The van der Waals surface area contributed by atoms with E-state index in [1.54, 1.807) is 48.5 Å². The first-order valence-corrected chi connectivity index (χ1v) is 11.4. The van der Waals surface area contributed by atoms with Gasteiger partial charge in [-0.2, -0.15) is 0 Å². The first kappa shape index (κ1) is 26.9. The van der Waals surface area contributed by atoms with Gasteiger partial charge < -0.3 is 24.6 Å². The fraction of sp³-hybridized carbons (Fsp3) is 0.214. The van der Waals surface area contributed by atoms with Crippen molar-refractivity contribution in [3.05, 3.63) is 101 Å². The molecule has 2 atom stereocenters. The Bertz CT molecular complexity index is 1270. The van der Waals surface area contributed by atoms with Crippen LogP contribution in [0.3, 0.4) is 0 Å². The number of carboxylic acids is 1. The van der Waals surface area contributed by atoms with Crippen molar-refractivity contribution in [2.24, 2.45) is 0 Å². The molecular weight excluding hydrogens is 478 g/mol. The van der Waals surface area contributed by atoms with E-state index < -0.39 is 36.0 Å². The van der Waals surface area contributed by atoms with Crippen LogP contribution in [0.1, 0.15) is 37.4 Å². The summed E-state index contributed by atoms with van der Waals surface area (Å²) in [4.78, 5) is 50.8. The van der Waals surface area contributed by atoms with Gasteiger partial charge in [-0.1, -0.05) is 53.6 Å². The molecule has 192 valence electrons. The van der Waals surface area contributed by atoms with Gasteiger partial charge in [0.2, 0.25) is 12.2 Å². The van der Waals surface area contributed by atoms with E-state index in [0.29, 0.717) is 11.3 Å². The minimum Gasteiger partial charge on any atom is -0.496 e. The molecule has 0 aliphatic heterocycles. The van der Waals surface area contributed by atoms with Crippen LogP contribution >= 0.6 is 0 Å². The minimum atomic E-state index is -2.11. The predicted molar refractivity (Wildman–Crippen MR) is 133 cm³/mol. The van der Waals surface area contributed by atoms with Crippen molar-refractivity contribution in [2.45, 2.75) is 32.6 Å². The van der Waals surface area contributed by atoms with Gasteiger partial charge in [-0.3, -0.25) is 4.79 Å². The molecule has 9 heteroatoms. The Balaban J connectivity index is 1.87. The number of aryl methyl sites for hydroxylation is 2. The number of esters is 2. The van der Waals surface area contributed by atoms with Gasteiger partial charge in [-0.05, 0) is 44.2 Å². The largest absolute Gasteiger partial charge is 0.496 e. The second kappa shape index (κ2) is 12.3. The quantitative estimate of drug-likeness (QED) is 0.401. The Labute approximate surface area is 214 Å². The van der Waals surface area contributed by atoms with E-state index in [1.807, 2.05) is 13.8 Å². The lowest BCUT2D eigenvalue weighted by atomic mass is 10.1. The second-order valence-corrected chi connectivity index (χ2v) is 8.25. The van der Waals surface area contributed by atoms with Gasteiger partial charge in [0.1, 0.15) is 5.75 Å². The summed E-state index contributed by atoms with van der Waals surface area (Å²) >= 11 is 0. The maximum absolute atomic E-state index is 13.2. The third-order valence-electron chi connectivity index (χ3n) is 5.46. The van der Waals surface area contributed by atoms with Crippen LogP contribution in [-0.2, 0) is 25.6 Å². The Kier molecular flexibility index (Phi) is 8.99. The van der Waals surface area contributed by atoms with E-state index in [0.717, 1.165) is 11.1 Å². The molecule has 0 radical (unpaired) electrons. The van der Waals surface area contributed by atoms with E-state index in [-0.39, 0.29) is 17.7 Å². The summed E-state index contributed by atoms with van der Waals surface area (Å²) in [5.41, 5.74) is 2.55. The second-order valence-electron chi connectivity index (χ2n) is 8.25. The van der Waals surface area contributed by atoms with Crippen molar-refractivity contribution in [3.8, 4) is 5.75 Å². The number of carbonyl (C=O) groups is 4. The molecule has 0 saturated heterocycles. The zero-order chi connectivity index (χ0) is 26.9. The molecule has 0 saturated carbocycles. The molecule has 0 bridgehead atoms. The fourth-order valence-corrected chi connectivity index (χ4v) is 3.37. The van der Waals surface area contributed by atoms with Crippen LogP contribution in [0, 0.1) is 13.8 Å². The van der Waals surface area contributed by atoms with Gasteiger partial charge in [-0.25, -0.2) is 14.4 Å². The average molecular weight is 506 g/mol. The highest BCUT2D eigenvalue weighted by molar-refractivity contribution is 5.96. The van der Waals surface area contributed by atoms with Gasteiger partial charge in [0.15, 0.2) is 0 Å². The molecular formula is C28H27NO8. The molecule has 0 unspecified atom stereocenters. The molecule has 37 heavy (non-hydrogen) atoms. The number of hydrogen-bond acceptors (Lipinski definition) is 7. The third-order valence-corrected chi connectivity index (χ3v) is 5.46. The highest BCUT2D eigenvalue weighted by Crippen LogP contribution is 2.18. The van der Waals surface area contributed by atoms with Crippen LogP contribution in [0.4, 0.5) is 0 Å². The number of hydrogen-bond donors (Lipinski definition) is 2. The molecule has 0 aromatic heterocycles.